The number of carbonyl (C=O) groups is 1. The van der Waals surface area contributed by atoms with E-state index in [1.807, 2.05) is 6.08 Å². The number of allylic oxidation sites excluding steroid dienone is 5. The largest absolute Gasteiger partial charge is 0.394 e. The van der Waals surface area contributed by atoms with E-state index in [1.54, 1.807) is 6.08 Å². The van der Waals surface area contributed by atoms with Crippen molar-refractivity contribution in [1.82, 2.24) is 5.32 Å². The van der Waals surface area contributed by atoms with Crippen LogP contribution in [-0.2, 0) is 4.79 Å². The minimum Gasteiger partial charge on any atom is -0.394 e. The topological polar surface area (TPSA) is 69.6 Å². The zero-order valence-corrected chi connectivity index (χ0v) is 42.2. The van der Waals surface area contributed by atoms with E-state index in [1.165, 1.54) is 257 Å². The maximum Gasteiger partial charge on any atom is 0.220 e. The quantitative estimate of drug-likeness (QED) is 0.0421. The maximum atomic E-state index is 12.5. The van der Waals surface area contributed by atoms with Gasteiger partial charge < -0.3 is 15.5 Å². The van der Waals surface area contributed by atoms with Crippen LogP contribution >= 0.6 is 0 Å². The first kappa shape index (κ1) is 60.6. The second-order valence-corrected chi connectivity index (χ2v) is 19.4. The molecule has 4 nitrogen and oxygen atoms in total. The third-order valence-corrected chi connectivity index (χ3v) is 13.1. The van der Waals surface area contributed by atoms with Gasteiger partial charge in [-0.15, -0.1) is 0 Å². The van der Waals surface area contributed by atoms with Gasteiger partial charge in [0.25, 0.3) is 0 Å². The van der Waals surface area contributed by atoms with Crippen molar-refractivity contribution in [3.8, 4) is 0 Å². The molecule has 62 heavy (non-hydrogen) atoms. The first-order valence-corrected chi connectivity index (χ1v) is 28.2. The van der Waals surface area contributed by atoms with Crippen LogP contribution in [0.5, 0.6) is 0 Å². The molecule has 0 radical (unpaired) electrons. The van der Waals surface area contributed by atoms with Gasteiger partial charge in [0.05, 0.1) is 18.8 Å². The van der Waals surface area contributed by atoms with Crippen molar-refractivity contribution in [2.45, 2.75) is 321 Å². The number of amides is 1. The van der Waals surface area contributed by atoms with Crippen molar-refractivity contribution in [2.75, 3.05) is 6.61 Å². The summed E-state index contributed by atoms with van der Waals surface area (Å²) in [5.74, 6) is -0.0649. The average molecular weight is 871 g/mol. The predicted molar refractivity (Wildman–Crippen MR) is 276 cm³/mol. The lowest BCUT2D eigenvalue weighted by atomic mass is 10.0. The Hall–Kier alpha value is -1.39. The molecule has 0 heterocycles. The van der Waals surface area contributed by atoms with Crippen molar-refractivity contribution in [2.24, 2.45) is 0 Å². The number of carbonyl (C=O) groups excluding carboxylic acids is 1. The fraction of sp³-hybridized carbons (Fsp3) is 0.879. The molecule has 0 aromatic heterocycles. The Kier molecular flexibility index (Phi) is 52.7. The standard InChI is InChI=1S/C58H111NO3/c1-3-5-7-9-11-13-15-17-19-21-23-25-26-27-28-29-30-31-32-34-35-37-39-41-43-45-47-49-51-53-57(61)56(55-60)59-58(62)54-52-50-48-46-44-42-40-38-36-33-24-22-20-18-16-14-12-10-8-6-4-2/h16,18,22,24,51,53,56-57,60-61H,3-15,17,19-21,23,25-50,52,54-55H2,1-2H3,(H,59,62)/b18-16-,24-22-,53-51+. The van der Waals surface area contributed by atoms with E-state index < -0.39 is 12.1 Å². The molecule has 0 aliphatic heterocycles. The zero-order chi connectivity index (χ0) is 44.9. The van der Waals surface area contributed by atoms with E-state index >= 15 is 0 Å². The second-order valence-electron chi connectivity index (χ2n) is 19.4. The summed E-state index contributed by atoms with van der Waals surface area (Å²) < 4.78 is 0. The van der Waals surface area contributed by atoms with Crippen LogP contribution in [0.15, 0.2) is 36.5 Å². The lowest BCUT2D eigenvalue weighted by Gasteiger charge is -2.20. The molecule has 366 valence electrons. The summed E-state index contributed by atoms with van der Waals surface area (Å²) in [7, 11) is 0. The first-order valence-electron chi connectivity index (χ1n) is 28.2. The molecule has 4 heteroatoms. The lowest BCUT2D eigenvalue weighted by molar-refractivity contribution is -0.123. The Morgan fingerprint density at radius 3 is 0.968 bits per heavy atom. The lowest BCUT2D eigenvalue weighted by Crippen LogP contribution is -2.45. The van der Waals surface area contributed by atoms with E-state index in [-0.39, 0.29) is 12.5 Å². The Morgan fingerprint density at radius 2 is 0.661 bits per heavy atom. The third-order valence-electron chi connectivity index (χ3n) is 13.1. The molecule has 3 N–H and O–H groups in total. The number of hydrogen-bond donors (Lipinski definition) is 3. The van der Waals surface area contributed by atoms with E-state index in [9.17, 15) is 15.0 Å². The molecule has 0 aliphatic carbocycles. The minimum absolute atomic E-state index is 0.0649. The Bertz CT molecular complexity index is 943. The summed E-state index contributed by atoms with van der Waals surface area (Å²) in [6.07, 6.45) is 73.1. The maximum absolute atomic E-state index is 12.5. The number of hydrogen-bond acceptors (Lipinski definition) is 3. The number of nitrogens with one attached hydrogen (secondary N) is 1. The molecule has 0 rings (SSSR count). The van der Waals surface area contributed by atoms with Crippen LogP contribution in [0.4, 0.5) is 0 Å². The van der Waals surface area contributed by atoms with E-state index in [0.717, 1.165) is 32.1 Å². The summed E-state index contributed by atoms with van der Waals surface area (Å²) in [4.78, 5) is 12.5. The smallest absolute Gasteiger partial charge is 0.220 e. The molecule has 2 unspecified atom stereocenters. The third kappa shape index (κ3) is 49.6. The molecule has 2 atom stereocenters. The highest BCUT2D eigenvalue weighted by molar-refractivity contribution is 5.76. The normalized spacial score (nSPS) is 13.0. The fourth-order valence-corrected chi connectivity index (χ4v) is 8.80. The number of aliphatic hydroxyl groups is 2. The van der Waals surface area contributed by atoms with Gasteiger partial charge in [0.1, 0.15) is 0 Å². The number of aliphatic hydroxyl groups excluding tert-OH is 2. The molecule has 0 saturated heterocycles. The van der Waals surface area contributed by atoms with Crippen LogP contribution < -0.4 is 5.32 Å². The van der Waals surface area contributed by atoms with Crippen molar-refractivity contribution in [3.05, 3.63) is 36.5 Å². The number of unbranched alkanes of at least 4 members (excludes halogenated alkanes) is 41. The zero-order valence-electron chi connectivity index (χ0n) is 42.2. The summed E-state index contributed by atoms with van der Waals surface area (Å²) >= 11 is 0. The predicted octanol–water partition coefficient (Wildman–Crippen LogP) is 18.5. The summed E-state index contributed by atoms with van der Waals surface area (Å²) in [6, 6.07) is -0.625. The Labute approximate surface area is 389 Å². The van der Waals surface area contributed by atoms with E-state index in [0.29, 0.717) is 6.42 Å². The van der Waals surface area contributed by atoms with Gasteiger partial charge in [0.2, 0.25) is 5.91 Å². The van der Waals surface area contributed by atoms with Crippen LogP contribution in [-0.4, -0.2) is 34.9 Å². The van der Waals surface area contributed by atoms with Gasteiger partial charge in [-0.2, -0.15) is 0 Å². The van der Waals surface area contributed by atoms with Crippen molar-refractivity contribution < 1.29 is 15.0 Å². The first-order chi connectivity index (χ1) is 30.7. The highest BCUT2D eigenvalue weighted by atomic mass is 16.3. The van der Waals surface area contributed by atoms with Gasteiger partial charge in [0.15, 0.2) is 0 Å². The summed E-state index contributed by atoms with van der Waals surface area (Å²) in [5.41, 5.74) is 0. The highest BCUT2D eigenvalue weighted by Gasteiger charge is 2.18. The molecule has 1 amide bonds. The summed E-state index contributed by atoms with van der Waals surface area (Å²) in [5, 5.41) is 23.2. The van der Waals surface area contributed by atoms with E-state index in [2.05, 4.69) is 43.5 Å². The molecule has 0 spiro atoms. The monoisotopic (exact) mass is 870 g/mol. The molecular formula is C58H111NO3. The van der Waals surface area contributed by atoms with Crippen LogP contribution in [0.3, 0.4) is 0 Å². The Balaban J connectivity index is 3.48. The molecule has 0 saturated carbocycles. The van der Waals surface area contributed by atoms with Gasteiger partial charge in [-0.05, 0) is 51.4 Å². The molecule has 0 bridgehead atoms. The SMILES string of the molecule is CCCCCCC/C=C\C/C=C\CCCCCCCCCCCC(=O)NC(CO)C(O)/C=C/CCCCCCCCCCCCCCCCCCCCCCCCCCCCC. The van der Waals surface area contributed by atoms with Crippen LogP contribution in [0.25, 0.3) is 0 Å². The summed E-state index contributed by atoms with van der Waals surface area (Å²) in [6.45, 7) is 4.33. The van der Waals surface area contributed by atoms with Gasteiger partial charge in [-0.3, -0.25) is 4.79 Å². The Morgan fingerprint density at radius 1 is 0.387 bits per heavy atom. The molecular weight excluding hydrogens is 759 g/mol. The fourth-order valence-electron chi connectivity index (χ4n) is 8.80. The van der Waals surface area contributed by atoms with Crippen molar-refractivity contribution >= 4 is 5.91 Å². The van der Waals surface area contributed by atoms with Crippen LogP contribution in [0, 0.1) is 0 Å². The molecule has 0 aliphatic rings. The second kappa shape index (κ2) is 53.9. The van der Waals surface area contributed by atoms with Crippen molar-refractivity contribution in [3.63, 3.8) is 0 Å². The van der Waals surface area contributed by atoms with Gasteiger partial charge in [-0.1, -0.05) is 288 Å². The van der Waals surface area contributed by atoms with Gasteiger partial charge in [0, 0.05) is 6.42 Å². The molecule has 0 aromatic rings. The van der Waals surface area contributed by atoms with E-state index in [4.69, 9.17) is 0 Å². The van der Waals surface area contributed by atoms with Crippen LogP contribution in [0.2, 0.25) is 0 Å². The average Bonchev–Trinajstić information content (AvgIpc) is 3.28. The highest BCUT2D eigenvalue weighted by Crippen LogP contribution is 2.17. The van der Waals surface area contributed by atoms with Crippen LogP contribution in [0.1, 0.15) is 309 Å². The molecule has 0 fully saturated rings. The molecule has 0 aromatic carbocycles. The number of rotatable bonds is 52. The van der Waals surface area contributed by atoms with Crippen molar-refractivity contribution in [1.29, 1.82) is 0 Å². The van der Waals surface area contributed by atoms with Gasteiger partial charge >= 0.3 is 0 Å². The minimum atomic E-state index is -0.842. The van der Waals surface area contributed by atoms with Gasteiger partial charge in [-0.25, -0.2) is 0 Å².